The number of rotatable bonds is 2. The highest BCUT2D eigenvalue weighted by atomic mass is 35.5. The lowest BCUT2D eigenvalue weighted by Gasteiger charge is -2.46. The molecule has 1 heterocycles. The molecule has 2 atom stereocenters. The number of ether oxygens (including phenoxy) is 1. The van der Waals surface area contributed by atoms with E-state index in [1.807, 2.05) is 49.9 Å². The second-order valence-corrected chi connectivity index (χ2v) is 6.94. The summed E-state index contributed by atoms with van der Waals surface area (Å²) in [7, 11) is 0. The van der Waals surface area contributed by atoms with Crippen molar-refractivity contribution in [3.63, 3.8) is 0 Å². The first-order valence-corrected chi connectivity index (χ1v) is 7.38. The molecule has 4 heteroatoms. The highest BCUT2D eigenvalue weighted by Crippen LogP contribution is 2.29. The molecule has 1 aromatic carbocycles. The zero-order valence-electron chi connectivity index (χ0n) is 12.5. The van der Waals surface area contributed by atoms with Crippen molar-refractivity contribution in [2.45, 2.75) is 45.8 Å². The van der Waals surface area contributed by atoms with E-state index in [4.69, 9.17) is 16.3 Å². The van der Waals surface area contributed by atoms with Crippen LogP contribution < -0.4 is 0 Å². The van der Waals surface area contributed by atoms with Crippen molar-refractivity contribution in [2.75, 3.05) is 6.54 Å². The van der Waals surface area contributed by atoms with Gasteiger partial charge in [-0.2, -0.15) is 0 Å². The summed E-state index contributed by atoms with van der Waals surface area (Å²) in [6.07, 6.45) is 0.631. The van der Waals surface area contributed by atoms with Gasteiger partial charge in [0.15, 0.2) is 0 Å². The van der Waals surface area contributed by atoms with Crippen molar-refractivity contribution in [1.82, 2.24) is 4.90 Å². The van der Waals surface area contributed by atoms with E-state index in [1.165, 1.54) is 5.56 Å². The van der Waals surface area contributed by atoms with Gasteiger partial charge in [0.2, 0.25) is 0 Å². The van der Waals surface area contributed by atoms with Crippen LogP contribution in [0.4, 0.5) is 4.79 Å². The van der Waals surface area contributed by atoms with E-state index in [9.17, 15) is 4.79 Å². The van der Waals surface area contributed by atoms with Crippen LogP contribution in [0.25, 0.3) is 0 Å². The minimum atomic E-state index is -0.444. The normalized spacial score (nSPS) is 22.4. The van der Waals surface area contributed by atoms with E-state index in [2.05, 4.69) is 6.92 Å². The molecule has 1 aliphatic heterocycles. The van der Waals surface area contributed by atoms with Crippen molar-refractivity contribution >= 4 is 17.7 Å². The molecule has 0 aromatic heterocycles. The second kappa shape index (κ2) is 5.65. The lowest BCUT2D eigenvalue weighted by Crippen LogP contribution is -2.59. The van der Waals surface area contributed by atoms with Crippen LogP contribution in [-0.4, -0.2) is 29.2 Å². The molecule has 3 nitrogen and oxygen atoms in total. The minimum Gasteiger partial charge on any atom is -0.444 e. The van der Waals surface area contributed by atoms with Crippen molar-refractivity contribution in [1.29, 1.82) is 0 Å². The summed E-state index contributed by atoms with van der Waals surface area (Å²) in [5.74, 6) is 0.498. The molecule has 0 radical (unpaired) electrons. The van der Waals surface area contributed by atoms with E-state index in [0.717, 1.165) is 18.0 Å². The summed E-state index contributed by atoms with van der Waals surface area (Å²) in [6, 6.07) is 8.02. The third-order valence-corrected chi connectivity index (χ3v) is 3.78. The van der Waals surface area contributed by atoms with Gasteiger partial charge in [-0.25, -0.2) is 4.79 Å². The summed E-state index contributed by atoms with van der Waals surface area (Å²) in [5, 5.41) is 0.736. The quantitative estimate of drug-likeness (QED) is 0.821. The van der Waals surface area contributed by atoms with Crippen LogP contribution in [0.15, 0.2) is 24.3 Å². The average Bonchev–Trinajstić information content (AvgIpc) is 2.32. The predicted molar refractivity (Wildman–Crippen MR) is 81.0 cm³/mol. The van der Waals surface area contributed by atoms with E-state index in [-0.39, 0.29) is 12.1 Å². The van der Waals surface area contributed by atoms with Gasteiger partial charge in [0.25, 0.3) is 0 Å². The van der Waals surface area contributed by atoms with Crippen LogP contribution >= 0.6 is 11.6 Å². The van der Waals surface area contributed by atoms with Crippen molar-refractivity contribution in [2.24, 2.45) is 5.92 Å². The maximum absolute atomic E-state index is 12.1. The monoisotopic (exact) mass is 295 g/mol. The Labute approximate surface area is 125 Å². The standard InChI is InChI=1S/C16H22ClNO2/c1-11-10-18(15(19)20-16(2,3)4)14(11)9-12-5-7-13(17)8-6-12/h5-8,11,14H,9-10H2,1-4H3/t11?,14-/m0/s1. The number of likely N-dealkylation sites (tertiary alicyclic amines) is 1. The van der Waals surface area contributed by atoms with Crippen LogP contribution in [-0.2, 0) is 11.2 Å². The molecular weight excluding hydrogens is 274 g/mol. The lowest BCUT2D eigenvalue weighted by atomic mass is 9.86. The van der Waals surface area contributed by atoms with Gasteiger partial charge in [-0.05, 0) is 50.8 Å². The molecule has 1 unspecified atom stereocenters. The summed E-state index contributed by atoms with van der Waals surface area (Å²) >= 11 is 5.89. The summed E-state index contributed by atoms with van der Waals surface area (Å²) in [5.41, 5.74) is 0.750. The SMILES string of the molecule is CC1CN(C(=O)OC(C)(C)C)[C@H]1Cc1ccc(Cl)cc1. The number of hydrogen-bond donors (Lipinski definition) is 0. The number of halogens is 1. The van der Waals surface area contributed by atoms with Crippen LogP contribution in [0.2, 0.25) is 5.02 Å². The molecule has 1 aliphatic rings. The van der Waals surface area contributed by atoms with Crippen LogP contribution in [0, 0.1) is 5.92 Å². The molecule has 1 saturated heterocycles. The van der Waals surface area contributed by atoms with E-state index in [1.54, 1.807) is 0 Å². The number of hydrogen-bond acceptors (Lipinski definition) is 2. The molecule has 0 aliphatic carbocycles. The Morgan fingerprint density at radius 2 is 1.95 bits per heavy atom. The summed E-state index contributed by atoms with van der Waals surface area (Å²) < 4.78 is 5.44. The fourth-order valence-corrected chi connectivity index (χ4v) is 2.57. The Bertz CT molecular complexity index is 478. The first-order valence-electron chi connectivity index (χ1n) is 7.00. The molecule has 1 aromatic rings. The molecule has 2 rings (SSSR count). The van der Waals surface area contributed by atoms with Gasteiger partial charge in [-0.3, -0.25) is 0 Å². The smallest absolute Gasteiger partial charge is 0.410 e. The molecular formula is C16H22ClNO2. The van der Waals surface area contributed by atoms with Gasteiger partial charge in [-0.15, -0.1) is 0 Å². The molecule has 0 N–H and O–H groups in total. The molecule has 110 valence electrons. The van der Waals surface area contributed by atoms with E-state index < -0.39 is 5.60 Å². The fraction of sp³-hybridized carbons (Fsp3) is 0.562. The summed E-state index contributed by atoms with van der Waals surface area (Å²) in [4.78, 5) is 13.9. The van der Waals surface area contributed by atoms with Crippen LogP contribution in [0.3, 0.4) is 0 Å². The Morgan fingerprint density at radius 1 is 1.35 bits per heavy atom. The van der Waals surface area contributed by atoms with Gasteiger partial charge in [0.1, 0.15) is 5.60 Å². The Morgan fingerprint density at radius 3 is 2.45 bits per heavy atom. The lowest BCUT2D eigenvalue weighted by molar-refractivity contribution is -0.0256. The fourth-order valence-electron chi connectivity index (χ4n) is 2.44. The minimum absolute atomic E-state index is 0.213. The topological polar surface area (TPSA) is 29.5 Å². The number of benzene rings is 1. The molecule has 0 spiro atoms. The Balaban J connectivity index is 1.99. The first kappa shape index (κ1) is 15.2. The van der Waals surface area contributed by atoms with Crippen molar-refractivity contribution in [3.8, 4) is 0 Å². The maximum Gasteiger partial charge on any atom is 0.410 e. The number of amides is 1. The van der Waals surface area contributed by atoms with Gasteiger partial charge in [-0.1, -0.05) is 30.7 Å². The average molecular weight is 296 g/mol. The number of nitrogens with zero attached hydrogens (tertiary/aromatic N) is 1. The molecule has 0 saturated carbocycles. The van der Waals surface area contributed by atoms with Gasteiger partial charge in [0.05, 0.1) is 0 Å². The number of carbonyl (C=O) groups is 1. The highest BCUT2D eigenvalue weighted by Gasteiger charge is 2.40. The van der Waals surface area contributed by atoms with E-state index >= 15 is 0 Å². The maximum atomic E-state index is 12.1. The predicted octanol–water partition coefficient (Wildman–Crippen LogP) is 4.14. The largest absolute Gasteiger partial charge is 0.444 e. The van der Waals surface area contributed by atoms with Gasteiger partial charge < -0.3 is 9.64 Å². The van der Waals surface area contributed by atoms with Crippen molar-refractivity contribution in [3.05, 3.63) is 34.9 Å². The van der Waals surface area contributed by atoms with E-state index in [0.29, 0.717) is 5.92 Å². The molecule has 20 heavy (non-hydrogen) atoms. The first-order chi connectivity index (χ1) is 9.26. The molecule has 1 fully saturated rings. The van der Waals surface area contributed by atoms with Crippen LogP contribution in [0.1, 0.15) is 33.3 Å². The third kappa shape index (κ3) is 3.66. The molecule has 1 amide bonds. The van der Waals surface area contributed by atoms with Crippen molar-refractivity contribution < 1.29 is 9.53 Å². The summed E-state index contributed by atoms with van der Waals surface area (Å²) in [6.45, 7) is 8.61. The van der Waals surface area contributed by atoms with Gasteiger partial charge in [0, 0.05) is 17.6 Å². The number of carbonyl (C=O) groups excluding carboxylic acids is 1. The second-order valence-electron chi connectivity index (χ2n) is 6.51. The van der Waals surface area contributed by atoms with Crippen LogP contribution in [0.5, 0.6) is 0 Å². The Hall–Kier alpha value is -1.22. The molecule has 0 bridgehead atoms. The zero-order valence-corrected chi connectivity index (χ0v) is 13.3. The Kier molecular flexibility index (Phi) is 4.28. The van der Waals surface area contributed by atoms with Gasteiger partial charge >= 0.3 is 6.09 Å². The zero-order chi connectivity index (χ0) is 14.9. The third-order valence-electron chi connectivity index (χ3n) is 3.53. The highest BCUT2D eigenvalue weighted by molar-refractivity contribution is 6.30.